The van der Waals surface area contributed by atoms with Crippen LogP contribution in [0.2, 0.25) is 0 Å². The Labute approximate surface area is 104 Å². The highest BCUT2D eigenvalue weighted by Gasteiger charge is 2.11. The Morgan fingerprint density at radius 3 is 2.59 bits per heavy atom. The monoisotopic (exact) mass is 236 g/mol. The Morgan fingerprint density at radius 2 is 2.00 bits per heavy atom. The van der Waals surface area contributed by atoms with Gasteiger partial charge in [-0.25, -0.2) is 4.98 Å². The second-order valence-electron chi connectivity index (χ2n) is 4.78. The predicted octanol–water partition coefficient (Wildman–Crippen LogP) is 1.49. The number of aromatic nitrogens is 1. The van der Waals surface area contributed by atoms with E-state index in [9.17, 15) is 0 Å². The lowest BCUT2D eigenvalue weighted by atomic mass is 10.1. The van der Waals surface area contributed by atoms with Crippen LogP contribution in [0, 0.1) is 0 Å². The largest absolute Gasteiger partial charge is 0.359 e. The summed E-state index contributed by atoms with van der Waals surface area (Å²) in [4.78, 5) is 8.81. The van der Waals surface area contributed by atoms with Crippen LogP contribution in [0.4, 0.5) is 5.82 Å². The summed E-state index contributed by atoms with van der Waals surface area (Å²) in [5, 5.41) is 0. The van der Waals surface area contributed by atoms with E-state index in [1.807, 2.05) is 19.2 Å². The Bertz CT molecular complexity index is 336. The highest BCUT2D eigenvalue weighted by Crippen LogP contribution is 2.21. The van der Waals surface area contributed by atoms with Crippen LogP contribution in [0.15, 0.2) is 18.3 Å². The Balaban J connectivity index is 2.65. The van der Waals surface area contributed by atoms with Crippen LogP contribution >= 0.6 is 0 Å². The second-order valence-corrected chi connectivity index (χ2v) is 4.78. The summed E-state index contributed by atoms with van der Waals surface area (Å²) in [5.74, 6) is 1.00. The van der Waals surface area contributed by atoms with E-state index in [-0.39, 0.29) is 6.04 Å². The van der Waals surface area contributed by atoms with Crippen molar-refractivity contribution in [2.45, 2.75) is 19.4 Å². The molecule has 1 rings (SSSR count). The van der Waals surface area contributed by atoms with E-state index < -0.39 is 0 Å². The van der Waals surface area contributed by atoms with Gasteiger partial charge in [0.1, 0.15) is 5.82 Å². The van der Waals surface area contributed by atoms with Gasteiger partial charge in [-0.05, 0) is 40.1 Å². The van der Waals surface area contributed by atoms with E-state index in [1.165, 1.54) is 0 Å². The normalized spacial score (nSPS) is 12.8. The molecule has 0 saturated heterocycles. The first-order valence-corrected chi connectivity index (χ1v) is 6.08. The van der Waals surface area contributed by atoms with Gasteiger partial charge in [0.25, 0.3) is 0 Å². The van der Waals surface area contributed by atoms with Gasteiger partial charge in [-0.1, -0.05) is 6.07 Å². The van der Waals surface area contributed by atoms with Crippen molar-refractivity contribution >= 4 is 5.82 Å². The fourth-order valence-corrected chi connectivity index (χ4v) is 1.81. The number of pyridine rings is 1. The topological polar surface area (TPSA) is 45.4 Å². The van der Waals surface area contributed by atoms with E-state index in [2.05, 4.69) is 42.0 Å². The minimum atomic E-state index is 0.0231. The quantitative estimate of drug-likeness (QED) is 0.813. The molecule has 4 nitrogen and oxygen atoms in total. The first-order chi connectivity index (χ1) is 8.02. The van der Waals surface area contributed by atoms with Gasteiger partial charge in [-0.2, -0.15) is 0 Å². The van der Waals surface area contributed by atoms with E-state index in [1.54, 1.807) is 0 Å². The number of nitrogens with zero attached hydrogens (tertiary/aromatic N) is 3. The van der Waals surface area contributed by atoms with Crippen LogP contribution < -0.4 is 10.6 Å². The smallest absolute Gasteiger partial charge is 0.133 e. The minimum absolute atomic E-state index is 0.0231. The standard InChI is InChI=1S/C13H24N4/c1-11(14)12-7-5-8-15-13(12)17(4)10-6-9-16(2)3/h5,7-8,11H,6,9-10,14H2,1-4H3/t11-/m1/s1. The molecule has 0 aliphatic rings. The first kappa shape index (κ1) is 13.9. The number of nitrogens with two attached hydrogens (primary N) is 1. The summed E-state index contributed by atoms with van der Waals surface area (Å²) in [6, 6.07) is 4.01. The van der Waals surface area contributed by atoms with Crippen molar-refractivity contribution in [1.29, 1.82) is 0 Å². The van der Waals surface area contributed by atoms with Crippen molar-refractivity contribution in [2.75, 3.05) is 39.1 Å². The zero-order valence-corrected chi connectivity index (χ0v) is 11.3. The molecule has 0 radical (unpaired) electrons. The summed E-state index contributed by atoms with van der Waals surface area (Å²) < 4.78 is 0. The van der Waals surface area contributed by atoms with Crippen molar-refractivity contribution in [2.24, 2.45) is 5.73 Å². The molecule has 0 aromatic carbocycles. The second kappa shape index (κ2) is 6.57. The molecule has 0 bridgehead atoms. The summed E-state index contributed by atoms with van der Waals surface area (Å²) in [6.45, 7) is 4.08. The molecule has 0 amide bonds. The molecule has 0 unspecified atom stereocenters. The van der Waals surface area contributed by atoms with Crippen molar-refractivity contribution in [1.82, 2.24) is 9.88 Å². The number of hydrogen-bond acceptors (Lipinski definition) is 4. The van der Waals surface area contributed by atoms with Crippen LogP contribution in [0.25, 0.3) is 0 Å². The molecule has 96 valence electrons. The maximum absolute atomic E-state index is 5.95. The minimum Gasteiger partial charge on any atom is -0.359 e. The van der Waals surface area contributed by atoms with Gasteiger partial charge in [0.05, 0.1) is 0 Å². The molecule has 0 aliphatic heterocycles. The average Bonchev–Trinajstić information content (AvgIpc) is 2.28. The summed E-state index contributed by atoms with van der Waals surface area (Å²) >= 11 is 0. The lowest BCUT2D eigenvalue weighted by Gasteiger charge is -2.23. The summed E-state index contributed by atoms with van der Waals surface area (Å²) in [7, 11) is 6.26. The Hall–Kier alpha value is -1.13. The number of hydrogen-bond donors (Lipinski definition) is 1. The predicted molar refractivity (Wildman–Crippen MR) is 73.3 cm³/mol. The van der Waals surface area contributed by atoms with Crippen LogP contribution in [-0.2, 0) is 0 Å². The van der Waals surface area contributed by atoms with Gasteiger partial charge in [0.15, 0.2) is 0 Å². The van der Waals surface area contributed by atoms with Gasteiger partial charge in [-0.3, -0.25) is 0 Å². The summed E-state index contributed by atoms with van der Waals surface area (Å²) in [6.07, 6.45) is 2.95. The maximum atomic E-state index is 5.95. The fourth-order valence-electron chi connectivity index (χ4n) is 1.81. The third-order valence-electron chi connectivity index (χ3n) is 2.77. The van der Waals surface area contributed by atoms with Gasteiger partial charge in [0.2, 0.25) is 0 Å². The highest BCUT2D eigenvalue weighted by atomic mass is 15.2. The maximum Gasteiger partial charge on any atom is 0.133 e. The zero-order chi connectivity index (χ0) is 12.8. The average molecular weight is 236 g/mol. The highest BCUT2D eigenvalue weighted by molar-refractivity contribution is 5.47. The molecule has 1 aromatic heterocycles. The fraction of sp³-hybridized carbons (Fsp3) is 0.615. The van der Waals surface area contributed by atoms with E-state index in [4.69, 9.17) is 5.73 Å². The number of anilines is 1. The lowest BCUT2D eigenvalue weighted by molar-refractivity contribution is 0.401. The van der Waals surface area contributed by atoms with E-state index in [0.29, 0.717) is 0 Å². The molecule has 1 atom stereocenters. The van der Waals surface area contributed by atoms with Gasteiger partial charge in [0, 0.05) is 31.4 Å². The SMILES string of the molecule is C[C@@H](N)c1cccnc1N(C)CCCN(C)C. The Morgan fingerprint density at radius 1 is 1.29 bits per heavy atom. The molecule has 1 heterocycles. The molecular weight excluding hydrogens is 212 g/mol. The molecule has 4 heteroatoms. The van der Waals surface area contributed by atoms with Crippen molar-refractivity contribution < 1.29 is 0 Å². The Kier molecular flexibility index (Phi) is 5.38. The zero-order valence-electron chi connectivity index (χ0n) is 11.3. The van der Waals surface area contributed by atoms with Crippen LogP contribution in [0.3, 0.4) is 0 Å². The van der Waals surface area contributed by atoms with Crippen molar-refractivity contribution in [3.63, 3.8) is 0 Å². The van der Waals surface area contributed by atoms with Gasteiger partial charge >= 0.3 is 0 Å². The van der Waals surface area contributed by atoms with E-state index >= 15 is 0 Å². The first-order valence-electron chi connectivity index (χ1n) is 6.08. The molecular formula is C13H24N4. The van der Waals surface area contributed by atoms with Crippen molar-refractivity contribution in [3.8, 4) is 0 Å². The van der Waals surface area contributed by atoms with Gasteiger partial charge in [-0.15, -0.1) is 0 Å². The third kappa shape index (κ3) is 4.32. The molecule has 2 N–H and O–H groups in total. The molecule has 17 heavy (non-hydrogen) atoms. The molecule has 0 saturated carbocycles. The third-order valence-corrected chi connectivity index (χ3v) is 2.77. The molecule has 0 aliphatic carbocycles. The van der Waals surface area contributed by atoms with Crippen LogP contribution in [0.5, 0.6) is 0 Å². The molecule has 0 spiro atoms. The van der Waals surface area contributed by atoms with Crippen LogP contribution in [-0.4, -0.2) is 44.1 Å². The molecule has 1 aromatic rings. The van der Waals surface area contributed by atoms with Gasteiger partial charge < -0.3 is 15.5 Å². The lowest BCUT2D eigenvalue weighted by Crippen LogP contribution is -2.26. The van der Waals surface area contributed by atoms with Crippen LogP contribution in [0.1, 0.15) is 24.9 Å². The van der Waals surface area contributed by atoms with E-state index in [0.717, 1.165) is 30.9 Å². The molecule has 0 fully saturated rings. The summed E-state index contributed by atoms with van der Waals surface area (Å²) in [5.41, 5.74) is 7.07. The van der Waals surface area contributed by atoms with Crippen molar-refractivity contribution in [3.05, 3.63) is 23.9 Å². The number of rotatable bonds is 6.